The van der Waals surface area contributed by atoms with E-state index in [2.05, 4.69) is 55.3 Å². The van der Waals surface area contributed by atoms with E-state index in [-0.39, 0.29) is 0 Å². The molecule has 1 aliphatic rings. The number of hydrogen-bond acceptors (Lipinski definition) is 2. The summed E-state index contributed by atoms with van der Waals surface area (Å²) in [6, 6.07) is 9.48. The van der Waals surface area contributed by atoms with E-state index in [0.717, 1.165) is 12.5 Å². The van der Waals surface area contributed by atoms with E-state index in [1.165, 1.54) is 43.6 Å². The van der Waals surface area contributed by atoms with Crippen LogP contribution in [-0.4, -0.2) is 19.6 Å². The predicted octanol–water partition coefficient (Wildman–Crippen LogP) is 3.98. The van der Waals surface area contributed by atoms with Crippen LogP contribution in [0.3, 0.4) is 0 Å². The highest BCUT2D eigenvalue weighted by Gasteiger charge is 2.24. The van der Waals surface area contributed by atoms with Gasteiger partial charge in [-0.15, -0.1) is 0 Å². The van der Waals surface area contributed by atoms with Crippen LogP contribution in [0.4, 0.5) is 5.69 Å². The Bertz CT molecular complexity index is 389. The third kappa shape index (κ3) is 3.50. The van der Waals surface area contributed by atoms with Gasteiger partial charge < -0.3 is 10.2 Å². The van der Waals surface area contributed by atoms with Crippen molar-refractivity contribution in [3.8, 4) is 0 Å². The first-order chi connectivity index (χ1) is 9.26. The molecule has 0 aromatic heterocycles. The number of para-hydroxylation sites is 1. The highest BCUT2D eigenvalue weighted by atomic mass is 15.2. The Labute approximate surface area is 118 Å². The summed E-state index contributed by atoms with van der Waals surface area (Å²) in [4.78, 5) is 2.58. The molecule has 1 aromatic carbocycles. The first-order valence-electron chi connectivity index (χ1n) is 7.83. The third-order valence-corrected chi connectivity index (χ3v) is 4.21. The van der Waals surface area contributed by atoms with Gasteiger partial charge >= 0.3 is 0 Å². The number of anilines is 1. The van der Waals surface area contributed by atoms with Crippen molar-refractivity contribution in [1.29, 1.82) is 0 Å². The van der Waals surface area contributed by atoms with Crippen LogP contribution < -0.4 is 10.2 Å². The van der Waals surface area contributed by atoms with E-state index in [9.17, 15) is 0 Å². The molecule has 0 saturated heterocycles. The van der Waals surface area contributed by atoms with Gasteiger partial charge in [0.05, 0.1) is 0 Å². The average Bonchev–Trinajstić information content (AvgIpc) is 2.46. The molecule has 0 spiro atoms. The number of nitrogens with one attached hydrogen (secondary N) is 1. The maximum absolute atomic E-state index is 3.69. The fraction of sp³-hybridized carbons (Fsp3) is 0.647. The minimum atomic E-state index is 0.546. The van der Waals surface area contributed by atoms with E-state index in [4.69, 9.17) is 0 Å². The van der Waals surface area contributed by atoms with Gasteiger partial charge in [-0.3, -0.25) is 0 Å². The number of hydrogen-bond donors (Lipinski definition) is 1. The van der Waals surface area contributed by atoms with Gasteiger partial charge in [0, 0.05) is 24.8 Å². The summed E-state index contributed by atoms with van der Waals surface area (Å²) in [5.41, 5.74) is 2.94. The minimum Gasteiger partial charge on any atom is -0.371 e. The van der Waals surface area contributed by atoms with E-state index in [0.29, 0.717) is 6.04 Å². The van der Waals surface area contributed by atoms with Crippen LogP contribution in [0.1, 0.15) is 51.6 Å². The second-order valence-electron chi connectivity index (χ2n) is 5.81. The number of nitrogens with zero attached hydrogens (tertiary/aromatic N) is 1. The highest BCUT2D eigenvalue weighted by Crippen LogP contribution is 2.34. The predicted molar refractivity (Wildman–Crippen MR) is 83.8 cm³/mol. The average molecular weight is 260 g/mol. The first kappa shape index (κ1) is 14.4. The Balaban J connectivity index is 2.14. The molecular weight excluding hydrogens is 232 g/mol. The summed E-state index contributed by atoms with van der Waals surface area (Å²) < 4.78 is 0. The van der Waals surface area contributed by atoms with Crippen molar-refractivity contribution in [2.45, 2.75) is 46.1 Å². The van der Waals surface area contributed by atoms with Crippen molar-refractivity contribution in [2.24, 2.45) is 5.92 Å². The van der Waals surface area contributed by atoms with Gasteiger partial charge in [0.25, 0.3) is 0 Å². The van der Waals surface area contributed by atoms with Gasteiger partial charge in [-0.1, -0.05) is 45.4 Å². The molecule has 2 rings (SSSR count). The lowest BCUT2D eigenvalue weighted by Gasteiger charge is -2.37. The summed E-state index contributed by atoms with van der Waals surface area (Å²) in [6.45, 7) is 10.4. The molecule has 0 amide bonds. The SMILES string of the molecule is CCCNC1CCN(CC(C)CC)c2ccccc21. The standard InChI is InChI=1S/C17H28N2/c1-4-11-18-16-10-12-19(13-14(3)5-2)17-9-7-6-8-15(16)17/h6-9,14,16,18H,4-5,10-13H2,1-3H3. The molecule has 0 aliphatic carbocycles. The van der Waals surface area contributed by atoms with Crippen LogP contribution >= 0.6 is 0 Å². The van der Waals surface area contributed by atoms with Gasteiger partial charge in [0.2, 0.25) is 0 Å². The second kappa shape index (κ2) is 6.95. The van der Waals surface area contributed by atoms with Crippen molar-refractivity contribution in [2.75, 3.05) is 24.5 Å². The Morgan fingerprint density at radius 1 is 1.32 bits per heavy atom. The zero-order valence-corrected chi connectivity index (χ0v) is 12.7. The summed E-state index contributed by atoms with van der Waals surface area (Å²) in [5.74, 6) is 0.771. The van der Waals surface area contributed by atoms with Crippen LogP contribution in [0.15, 0.2) is 24.3 Å². The summed E-state index contributed by atoms with van der Waals surface area (Å²) >= 11 is 0. The molecule has 2 unspecified atom stereocenters. The van der Waals surface area contributed by atoms with Crippen LogP contribution in [0, 0.1) is 5.92 Å². The van der Waals surface area contributed by atoms with Crippen LogP contribution in [0.25, 0.3) is 0 Å². The Morgan fingerprint density at radius 2 is 2.11 bits per heavy atom. The molecule has 2 nitrogen and oxygen atoms in total. The molecule has 0 fully saturated rings. The molecular formula is C17H28N2. The Morgan fingerprint density at radius 3 is 2.84 bits per heavy atom. The van der Waals surface area contributed by atoms with Gasteiger partial charge in [-0.2, -0.15) is 0 Å². The molecule has 0 saturated carbocycles. The molecule has 1 aromatic rings. The lowest BCUT2D eigenvalue weighted by atomic mass is 9.95. The lowest BCUT2D eigenvalue weighted by Crippen LogP contribution is -2.38. The van der Waals surface area contributed by atoms with E-state index in [1.54, 1.807) is 0 Å². The smallest absolute Gasteiger partial charge is 0.0414 e. The largest absolute Gasteiger partial charge is 0.371 e. The summed E-state index contributed by atoms with van der Waals surface area (Å²) in [5, 5.41) is 3.69. The number of rotatable bonds is 6. The molecule has 0 radical (unpaired) electrons. The van der Waals surface area contributed by atoms with Gasteiger partial charge in [0.15, 0.2) is 0 Å². The van der Waals surface area contributed by atoms with Crippen LogP contribution in [0.2, 0.25) is 0 Å². The van der Waals surface area contributed by atoms with Crippen molar-refractivity contribution >= 4 is 5.69 Å². The molecule has 1 heterocycles. The monoisotopic (exact) mass is 260 g/mol. The van der Waals surface area contributed by atoms with E-state index >= 15 is 0 Å². The number of benzene rings is 1. The van der Waals surface area contributed by atoms with Crippen molar-refractivity contribution in [3.63, 3.8) is 0 Å². The van der Waals surface area contributed by atoms with Gasteiger partial charge in [0.1, 0.15) is 0 Å². The van der Waals surface area contributed by atoms with E-state index in [1.807, 2.05) is 0 Å². The minimum absolute atomic E-state index is 0.546. The van der Waals surface area contributed by atoms with Gasteiger partial charge in [-0.05, 0) is 36.9 Å². The second-order valence-corrected chi connectivity index (χ2v) is 5.81. The van der Waals surface area contributed by atoms with Crippen LogP contribution in [-0.2, 0) is 0 Å². The lowest BCUT2D eigenvalue weighted by molar-refractivity contribution is 0.457. The molecule has 1 N–H and O–H groups in total. The van der Waals surface area contributed by atoms with Crippen molar-refractivity contribution in [3.05, 3.63) is 29.8 Å². The molecule has 1 aliphatic heterocycles. The van der Waals surface area contributed by atoms with E-state index < -0.39 is 0 Å². The number of fused-ring (bicyclic) bond motifs is 1. The third-order valence-electron chi connectivity index (χ3n) is 4.21. The highest BCUT2D eigenvalue weighted by molar-refractivity contribution is 5.57. The Kier molecular flexibility index (Phi) is 5.26. The summed E-state index contributed by atoms with van der Waals surface area (Å²) in [7, 11) is 0. The fourth-order valence-electron chi connectivity index (χ4n) is 2.86. The summed E-state index contributed by atoms with van der Waals surface area (Å²) in [6.07, 6.45) is 3.69. The zero-order chi connectivity index (χ0) is 13.7. The first-order valence-corrected chi connectivity index (χ1v) is 7.83. The maximum Gasteiger partial charge on any atom is 0.0414 e. The molecule has 2 heteroatoms. The maximum atomic E-state index is 3.69. The molecule has 106 valence electrons. The quantitative estimate of drug-likeness (QED) is 0.832. The van der Waals surface area contributed by atoms with Gasteiger partial charge in [-0.25, -0.2) is 0 Å². The molecule has 19 heavy (non-hydrogen) atoms. The van der Waals surface area contributed by atoms with Crippen LogP contribution in [0.5, 0.6) is 0 Å². The normalized spacial score (nSPS) is 20.2. The van der Waals surface area contributed by atoms with Crippen molar-refractivity contribution in [1.82, 2.24) is 5.32 Å². The zero-order valence-electron chi connectivity index (χ0n) is 12.7. The van der Waals surface area contributed by atoms with Crippen molar-refractivity contribution < 1.29 is 0 Å². The molecule has 0 bridgehead atoms. The molecule has 2 atom stereocenters. The fourth-order valence-corrected chi connectivity index (χ4v) is 2.86. The topological polar surface area (TPSA) is 15.3 Å². The Hall–Kier alpha value is -1.02.